The number of aromatic nitrogens is 2. The number of carbonyl (C=O) groups excluding carboxylic acids is 1. The van der Waals surface area contributed by atoms with Crippen molar-refractivity contribution in [3.63, 3.8) is 0 Å². The Morgan fingerprint density at radius 3 is 2.42 bits per heavy atom. The number of amides is 1. The van der Waals surface area contributed by atoms with Crippen molar-refractivity contribution in [2.75, 3.05) is 37.6 Å². The summed E-state index contributed by atoms with van der Waals surface area (Å²) in [6, 6.07) is 0.739. The summed E-state index contributed by atoms with van der Waals surface area (Å²) in [5.41, 5.74) is 0. The van der Waals surface area contributed by atoms with Gasteiger partial charge in [0.15, 0.2) is 0 Å². The molecule has 1 atom stereocenters. The summed E-state index contributed by atoms with van der Waals surface area (Å²) in [5, 5.41) is 13.5. The maximum Gasteiger partial charge on any atom is 0.318 e. The van der Waals surface area contributed by atoms with Gasteiger partial charge in [0.1, 0.15) is 6.54 Å². The standard InChI is InChI=1S/C14H24N6O2.C2H6/c1-5-11(2)20(15-4)10-13(21)18-6-8-19(9-7-18)14-17-16-12(3)22-14;1-2/h11H,4-10H2,1-3H3;1-2H3. The smallest absolute Gasteiger partial charge is 0.318 e. The van der Waals surface area contributed by atoms with Crippen molar-refractivity contribution in [1.29, 1.82) is 0 Å². The average Bonchev–Trinajstić information content (AvgIpc) is 3.07. The zero-order valence-electron chi connectivity index (χ0n) is 15.5. The fourth-order valence-corrected chi connectivity index (χ4v) is 2.36. The first-order valence-corrected chi connectivity index (χ1v) is 8.61. The molecule has 136 valence electrons. The molecule has 8 nitrogen and oxygen atoms in total. The number of carbonyl (C=O) groups is 1. The molecule has 1 fully saturated rings. The van der Waals surface area contributed by atoms with Crippen LogP contribution in [-0.2, 0) is 4.79 Å². The molecule has 1 amide bonds. The minimum Gasteiger partial charge on any atom is -0.408 e. The molecule has 0 radical (unpaired) electrons. The van der Waals surface area contributed by atoms with Crippen molar-refractivity contribution in [3.05, 3.63) is 5.89 Å². The molecule has 8 heteroatoms. The number of nitrogens with zero attached hydrogens (tertiary/aromatic N) is 6. The van der Waals surface area contributed by atoms with E-state index in [1.54, 1.807) is 11.9 Å². The zero-order chi connectivity index (χ0) is 18.1. The number of aryl methyl sites for hydroxylation is 1. The molecule has 1 unspecified atom stereocenters. The molecule has 0 saturated carbocycles. The van der Waals surface area contributed by atoms with E-state index in [9.17, 15) is 4.79 Å². The molecule has 1 saturated heterocycles. The van der Waals surface area contributed by atoms with Gasteiger partial charge in [0, 0.05) is 45.9 Å². The van der Waals surface area contributed by atoms with Crippen LogP contribution in [-0.4, -0.2) is 71.5 Å². The molecule has 0 aromatic carbocycles. The maximum absolute atomic E-state index is 12.4. The van der Waals surface area contributed by atoms with Gasteiger partial charge in [0.25, 0.3) is 0 Å². The van der Waals surface area contributed by atoms with Gasteiger partial charge in [0.05, 0.1) is 0 Å². The summed E-state index contributed by atoms with van der Waals surface area (Å²) >= 11 is 0. The highest BCUT2D eigenvalue weighted by molar-refractivity contribution is 5.78. The van der Waals surface area contributed by atoms with Crippen LogP contribution in [0.5, 0.6) is 0 Å². The molecular formula is C16H30N6O2. The SMILES string of the molecule is C=NN(CC(=O)N1CCN(c2nnc(C)o2)CC1)C(C)CC.CC. The van der Waals surface area contributed by atoms with Crippen LogP contribution in [0.2, 0.25) is 0 Å². The van der Waals surface area contributed by atoms with E-state index in [0.717, 1.165) is 6.42 Å². The van der Waals surface area contributed by atoms with E-state index >= 15 is 0 Å². The van der Waals surface area contributed by atoms with Crippen molar-refractivity contribution < 1.29 is 9.21 Å². The lowest BCUT2D eigenvalue weighted by atomic mass is 10.2. The van der Waals surface area contributed by atoms with Crippen LogP contribution in [0.3, 0.4) is 0 Å². The topological polar surface area (TPSA) is 78.1 Å². The fourth-order valence-electron chi connectivity index (χ4n) is 2.36. The Hall–Kier alpha value is -2.12. The second-order valence-corrected chi connectivity index (χ2v) is 5.47. The summed E-state index contributed by atoms with van der Waals surface area (Å²) < 4.78 is 5.42. The first kappa shape index (κ1) is 19.9. The Morgan fingerprint density at radius 2 is 1.96 bits per heavy atom. The molecule has 1 aromatic rings. The Morgan fingerprint density at radius 1 is 1.33 bits per heavy atom. The van der Waals surface area contributed by atoms with E-state index in [1.165, 1.54) is 0 Å². The lowest BCUT2D eigenvalue weighted by Crippen LogP contribution is -2.51. The normalized spacial score (nSPS) is 15.4. The highest BCUT2D eigenvalue weighted by atomic mass is 16.4. The fraction of sp³-hybridized carbons (Fsp3) is 0.750. The summed E-state index contributed by atoms with van der Waals surface area (Å²) in [5.74, 6) is 0.629. The van der Waals surface area contributed by atoms with Crippen molar-refractivity contribution in [3.8, 4) is 0 Å². The van der Waals surface area contributed by atoms with Gasteiger partial charge in [-0.1, -0.05) is 25.9 Å². The van der Waals surface area contributed by atoms with Gasteiger partial charge in [-0.3, -0.25) is 9.80 Å². The second-order valence-electron chi connectivity index (χ2n) is 5.47. The highest BCUT2D eigenvalue weighted by Gasteiger charge is 2.25. The molecule has 0 spiro atoms. The molecule has 2 rings (SSSR count). The number of hydrazone groups is 1. The summed E-state index contributed by atoms with van der Waals surface area (Å²) in [6.07, 6.45) is 0.927. The van der Waals surface area contributed by atoms with Crippen LogP contribution in [0, 0.1) is 6.92 Å². The second kappa shape index (κ2) is 9.89. The average molecular weight is 338 g/mol. The van der Waals surface area contributed by atoms with Crippen LogP contribution in [0.4, 0.5) is 6.01 Å². The van der Waals surface area contributed by atoms with E-state index in [1.807, 2.05) is 30.6 Å². The Kier molecular flexibility index (Phi) is 8.21. The van der Waals surface area contributed by atoms with Crippen LogP contribution in [0.15, 0.2) is 9.52 Å². The van der Waals surface area contributed by atoms with Gasteiger partial charge in [-0.05, 0) is 13.3 Å². The molecule has 1 aliphatic rings. The van der Waals surface area contributed by atoms with Crippen LogP contribution < -0.4 is 4.90 Å². The van der Waals surface area contributed by atoms with Crippen molar-refractivity contribution in [1.82, 2.24) is 20.1 Å². The van der Waals surface area contributed by atoms with Gasteiger partial charge < -0.3 is 14.2 Å². The molecule has 0 bridgehead atoms. The van der Waals surface area contributed by atoms with Crippen molar-refractivity contribution in [2.45, 2.75) is 47.1 Å². The largest absolute Gasteiger partial charge is 0.408 e. The Bertz CT molecular complexity index is 510. The molecular weight excluding hydrogens is 308 g/mol. The van der Waals surface area contributed by atoms with Crippen LogP contribution in [0.1, 0.15) is 40.0 Å². The first-order valence-electron chi connectivity index (χ1n) is 8.61. The number of hydrogen-bond acceptors (Lipinski definition) is 7. The van der Waals surface area contributed by atoms with E-state index in [-0.39, 0.29) is 18.5 Å². The van der Waals surface area contributed by atoms with Crippen LogP contribution >= 0.6 is 0 Å². The third-order valence-corrected chi connectivity index (χ3v) is 4.00. The minimum atomic E-state index is 0.0778. The van der Waals surface area contributed by atoms with E-state index in [0.29, 0.717) is 38.1 Å². The summed E-state index contributed by atoms with van der Waals surface area (Å²) in [6.45, 7) is 16.4. The predicted molar refractivity (Wildman–Crippen MR) is 95.2 cm³/mol. The zero-order valence-corrected chi connectivity index (χ0v) is 15.5. The van der Waals surface area contributed by atoms with E-state index in [4.69, 9.17) is 4.42 Å². The number of hydrogen-bond donors (Lipinski definition) is 0. The monoisotopic (exact) mass is 338 g/mol. The minimum absolute atomic E-state index is 0.0778. The van der Waals surface area contributed by atoms with Gasteiger partial charge >= 0.3 is 6.01 Å². The summed E-state index contributed by atoms with van der Waals surface area (Å²) in [7, 11) is 0. The summed E-state index contributed by atoms with van der Waals surface area (Å²) in [4.78, 5) is 16.2. The quantitative estimate of drug-likeness (QED) is 0.581. The molecule has 1 aromatic heterocycles. The molecule has 24 heavy (non-hydrogen) atoms. The van der Waals surface area contributed by atoms with Crippen molar-refractivity contribution in [2.24, 2.45) is 5.10 Å². The number of anilines is 1. The Labute approximate surface area is 144 Å². The molecule has 0 N–H and O–H groups in total. The number of rotatable bonds is 6. The molecule has 2 heterocycles. The van der Waals surface area contributed by atoms with Gasteiger partial charge in [-0.2, -0.15) is 5.10 Å². The van der Waals surface area contributed by atoms with Crippen molar-refractivity contribution >= 4 is 18.6 Å². The van der Waals surface area contributed by atoms with E-state index in [2.05, 4.69) is 28.9 Å². The van der Waals surface area contributed by atoms with Gasteiger partial charge in [0.2, 0.25) is 11.8 Å². The Balaban J connectivity index is 0.00000139. The van der Waals surface area contributed by atoms with Gasteiger partial charge in [-0.25, -0.2) is 0 Å². The lowest BCUT2D eigenvalue weighted by Gasteiger charge is -2.35. The third kappa shape index (κ3) is 5.21. The highest BCUT2D eigenvalue weighted by Crippen LogP contribution is 2.14. The maximum atomic E-state index is 12.4. The number of piperazine rings is 1. The predicted octanol–water partition coefficient (Wildman–Crippen LogP) is 1.77. The lowest BCUT2D eigenvalue weighted by molar-refractivity contribution is -0.133. The molecule has 0 aliphatic carbocycles. The van der Waals surface area contributed by atoms with Gasteiger partial charge in [-0.15, -0.1) is 5.10 Å². The third-order valence-electron chi connectivity index (χ3n) is 4.00. The first-order chi connectivity index (χ1) is 11.5. The van der Waals surface area contributed by atoms with Crippen LogP contribution in [0.25, 0.3) is 0 Å². The van der Waals surface area contributed by atoms with E-state index < -0.39 is 0 Å². The molecule has 1 aliphatic heterocycles.